The zero-order chi connectivity index (χ0) is 11.1. The number of anilines is 1. The summed E-state index contributed by atoms with van der Waals surface area (Å²) in [6.45, 7) is 1.53. The maximum Gasteiger partial charge on any atom is 0.112 e. The van der Waals surface area contributed by atoms with Gasteiger partial charge in [0, 0.05) is 17.5 Å². The van der Waals surface area contributed by atoms with Crippen molar-refractivity contribution in [2.24, 2.45) is 0 Å². The summed E-state index contributed by atoms with van der Waals surface area (Å²) in [7, 11) is 0. The molecule has 4 nitrogen and oxygen atoms in total. The predicted octanol–water partition coefficient (Wildman–Crippen LogP) is 2.30. The van der Waals surface area contributed by atoms with Crippen molar-refractivity contribution in [2.75, 3.05) is 18.9 Å². The number of aromatic amines is 1. The molecule has 1 aliphatic heterocycles. The third-order valence-corrected chi connectivity index (χ3v) is 3.13. The lowest BCUT2D eigenvalue weighted by atomic mass is 10.1. The summed E-state index contributed by atoms with van der Waals surface area (Å²) in [4.78, 5) is 7.78. The Bertz CT molecular complexity index is 531. The maximum absolute atomic E-state index is 5.94. The number of fused-ring (bicyclic) bond motifs is 1. The second-order valence-corrected chi connectivity index (χ2v) is 4.51. The van der Waals surface area contributed by atoms with Crippen LogP contribution in [0.1, 0.15) is 18.2 Å². The van der Waals surface area contributed by atoms with Crippen molar-refractivity contribution in [3.8, 4) is 0 Å². The van der Waals surface area contributed by atoms with Crippen LogP contribution < -0.4 is 5.73 Å². The molecule has 0 spiro atoms. The van der Waals surface area contributed by atoms with Crippen LogP contribution in [0.25, 0.3) is 11.0 Å². The molecule has 2 heterocycles. The predicted molar refractivity (Wildman–Crippen MR) is 63.7 cm³/mol. The van der Waals surface area contributed by atoms with E-state index in [9.17, 15) is 0 Å². The van der Waals surface area contributed by atoms with Gasteiger partial charge in [-0.25, -0.2) is 4.98 Å². The lowest BCUT2D eigenvalue weighted by Gasteiger charge is -2.00. The van der Waals surface area contributed by atoms with Gasteiger partial charge in [0.1, 0.15) is 11.3 Å². The molecule has 5 heteroatoms. The van der Waals surface area contributed by atoms with Gasteiger partial charge < -0.3 is 15.5 Å². The first-order valence-corrected chi connectivity index (χ1v) is 5.64. The van der Waals surface area contributed by atoms with Gasteiger partial charge in [-0.2, -0.15) is 0 Å². The summed E-state index contributed by atoms with van der Waals surface area (Å²) >= 11 is 5.94. The van der Waals surface area contributed by atoms with Gasteiger partial charge in [-0.1, -0.05) is 11.6 Å². The van der Waals surface area contributed by atoms with Crippen molar-refractivity contribution in [3.63, 3.8) is 0 Å². The van der Waals surface area contributed by atoms with Gasteiger partial charge in [-0.3, -0.25) is 0 Å². The van der Waals surface area contributed by atoms with Crippen LogP contribution in [0.3, 0.4) is 0 Å². The molecule has 2 aromatic rings. The molecule has 1 aromatic heterocycles. The van der Waals surface area contributed by atoms with E-state index in [4.69, 9.17) is 22.1 Å². The number of benzene rings is 1. The molecule has 3 N–H and O–H groups in total. The zero-order valence-electron chi connectivity index (χ0n) is 8.66. The van der Waals surface area contributed by atoms with Crippen molar-refractivity contribution in [1.82, 2.24) is 9.97 Å². The number of nitrogens with zero attached hydrogens (tertiary/aromatic N) is 1. The quantitative estimate of drug-likeness (QED) is 0.748. The highest BCUT2D eigenvalue weighted by Gasteiger charge is 2.21. The standard InChI is InChI=1S/C11H12ClN3O/c12-7-3-8(13)10-9(4-7)14-11(15-10)6-1-2-16-5-6/h3-4,6H,1-2,5,13H2,(H,14,15). The van der Waals surface area contributed by atoms with Crippen LogP contribution in [0.2, 0.25) is 5.02 Å². The molecular formula is C11H12ClN3O. The third kappa shape index (κ3) is 1.54. The number of imidazole rings is 1. The molecule has 0 saturated carbocycles. The number of hydrogen-bond donors (Lipinski definition) is 2. The second kappa shape index (κ2) is 3.64. The Morgan fingerprint density at radius 2 is 2.38 bits per heavy atom. The molecule has 1 aliphatic rings. The Morgan fingerprint density at radius 1 is 1.50 bits per heavy atom. The summed E-state index contributed by atoms with van der Waals surface area (Å²) in [5, 5.41) is 0.628. The minimum Gasteiger partial charge on any atom is -0.397 e. The van der Waals surface area contributed by atoms with Crippen LogP contribution in [0.5, 0.6) is 0 Å². The van der Waals surface area contributed by atoms with E-state index >= 15 is 0 Å². The van der Waals surface area contributed by atoms with Crippen LogP contribution in [-0.2, 0) is 4.74 Å². The molecule has 1 saturated heterocycles. The minimum absolute atomic E-state index is 0.352. The van der Waals surface area contributed by atoms with E-state index in [-0.39, 0.29) is 0 Å². The van der Waals surface area contributed by atoms with E-state index in [2.05, 4.69) is 9.97 Å². The van der Waals surface area contributed by atoms with Crippen molar-refractivity contribution in [3.05, 3.63) is 23.0 Å². The first-order valence-electron chi connectivity index (χ1n) is 5.26. The highest BCUT2D eigenvalue weighted by atomic mass is 35.5. The molecular weight excluding hydrogens is 226 g/mol. The van der Waals surface area contributed by atoms with Gasteiger partial charge in [-0.05, 0) is 18.6 Å². The van der Waals surface area contributed by atoms with Crippen molar-refractivity contribution < 1.29 is 4.74 Å². The number of aromatic nitrogens is 2. The van der Waals surface area contributed by atoms with E-state index in [1.807, 2.05) is 6.07 Å². The fourth-order valence-corrected chi connectivity index (χ4v) is 2.30. The monoisotopic (exact) mass is 237 g/mol. The lowest BCUT2D eigenvalue weighted by molar-refractivity contribution is 0.193. The van der Waals surface area contributed by atoms with Crippen LogP contribution in [0.15, 0.2) is 12.1 Å². The first kappa shape index (κ1) is 9.93. The van der Waals surface area contributed by atoms with E-state index in [1.165, 1.54) is 0 Å². The molecule has 0 aliphatic carbocycles. The Balaban J connectivity index is 2.11. The number of nitrogens with two attached hydrogens (primary N) is 1. The van der Waals surface area contributed by atoms with Crippen LogP contribution in [0.4, 0.5) is 5.69 Å². The average Bonchev–Trinajstić information content (AvgIpc) is 2.82. The smallest absolute Gasteiger partial charge is 0.112 e. The molecule has 0 radical (unpaired) electrons. The fourth-order valence-electron chi connectivity index (χ4n) is 2.07. The Kier molecular flexibility index (Phi) is 2.26. The average molecular weight is 238 g/mol. The molecule has 0 bridgehead atoms. The number of H-pyrrole nitrogens is 1. The van der Waals surface area contributed by atoms with Crippen LogP contribution >= 0.6 is 11.6 Å². The van der Waals surface area contributed by atoms with Crippen molar-refractivity contribution in [2.45, 2.75) is 12.3 Å². The summed E-state index contributed by atoms with van der Waals surface area (Å²) in [5.41, 5.74) is 8.18. The Labute approximate surface area is 97.8 Å². The number of halogens is 1. The normalized spacial score (nSPS) is 20.7. The zero-order valence-corrected chi connectivity index (χ0v) is 9.42. The number of nitrogen functional groups attached to an aromatic ring is 1. The van der Waals surface area contributed by atoms with Gasteiger partial charge in [0.25, 0.3) is 0 Å². The summed E-state index contributed by atoms with van der Waals surface area (Å²) in [5.74, 6) is 1.30. The number of nitrogens with one attached hydrogen (secondary N) is 1. The Morgan fingerprint density at radius 3 is 3.12 bits per heavy atom. The van der Waals surface area contributed by atoms with Crippen molar-refractivity contribution >= 4 is 28.3 Å². The lowest BCUT2D eigenvalue weighted by Crippen LogP contribution is -1.99. The van der Waals surface area contributed by atoms with Gasteiger partial charge in [0.2, 0.25) is 0 Å². The summed E-state index contributed by atoms with van der Waals surface area (Å²) in [6.07, 6.45) is 1.01. The van der Waals surface area contributed by atoms with Crippen molar-refractivity contribution in [1.29, 1.82) is 0 Å². The summed E-state index contributed by atoms with van der Waals surface area (Å²) in [6, 6.07) is 3.57. The van der Waals surface area contributed by atoms with E-state index in [0.29, 0.717) is 16.6 Å². The molecule has 16 heavy (non-hydrogen) atoms. The largest absolute Gasteiger partial charge is 0.397 e. The molecule has 0 amide bonds. The van der Waals surface area contributed by atoms with E-state index in [1.54, 1.807) is 6.07 Å². The first-order chi connectivity index (χ1) is 7.74. The molecule has 1 aromatic carbocycles. The van der Waals surface area contributed by atoms with E-state index in [0.717, 1.165) is 36.5 Å². The molecule has 84 valence electrons. The van der Waals surface area contributed by atoms with Gasteiger partial charge >= 0.3 is 0 Å². The van der Waals surface area contributed by atoms with Gasteiger partial charge in [-0.15, -0.1) is 0 Å². The summed E-state index contributed by atoms with van der Waals surface area (Å²) < 4.78 is 5.34. The van der Waals surface area contributed by atoms with Gasteiger partial charge in [0.15, 0.2) is 0 Å². The Hall–Kier alpha value is -1.26. The molecule has 3 rings (SSSR count). The number of hydrogen-bond acceptors (Lipinski definition) is 3. The highest BCUT2D eigenvalue weighted by molar-refractivity contribution is 6.31. The highest BCUT2D eigenvalue weighted by Crippen LogP contribution is 2.29. The SMILES string of the molecule is Nc1cc(Cl)cc2[nH]c(C3CCOC3)nc12. The molecule has 1 unspecified atom stereocenters. The number of ether oxygens (including phenoxy) is 1. The minimum atomic E-state index is 0.352. The van der Waals surface area contributed by atoms with Crippen LogP contribution in [0, 0.1) is 0 Å². The fraction of sp³-hybridized carbons (Fsp3) is 0.364. The molecule has 1 fully saturated rings. The number of rotatable bonds is 1. The van der Waals surface area contributed by atoms with E-state index < -0.39 is 0 Å². The topological polar surface area (TPSA) is 63.9 Å². The maximum atomic E-state index is 5.94. The third-order valence-electron chi connectivity index (χ3n) is 2.92. The van der Waals surface area contributed by atoms with Crippen LogP contribution in [-0.4, -0.2) is 23.2 Å². The molecule has 1 atom stereocenters. The van der Waals surface area contributed by atoms with Gasteiger partial charge in [0.05, 0.1) is 17.8 Å². The second-order valence-electron chi connectivity index (χ2n) is 4.07.